The zero-order valence-electron chi connectivity index (χ0n) is 13.2. The molecular formula is C15H30N2O2. The predicted molar refractivity (Wildman–Crippen MR) is 78.2 cm³/mol. The third kappa shape index (κ3) is 5.11. The van der Waals surface area contributed by atoms with E-state index in [1.54, 1.807) is 0 Å². The van der Waals surface area contributed by atoms with E-state index in [1.807, 2.05) is 6.92 Å². The van der Waals surface area contributed by atoms with Gasteiger partial charge in [-0.1, -0.05) is 6.92 Å². The molecule has 19 heavy (non-hydrogen) atoms. The number of ether oxygens (including phenoxy) is 1. The van der Waals surface area contributed by atoms with Crippen molar-refractivity contribution in [2.24, 2.45) is 0 Å². The highest BCUT2D eigenvalue weighted by Gasteiger charge is 2.39. The summed E-state index contributed by atoms with van der Waals surface area (Å²) in [5, 5.41) is 3.45. The first-order valence-electron chi connectivity index (χ1n) is 7.53. The van der Waals surface area contributed by atoms with Gasteiger partial charge in [0.25, 0.3) is 0 Å². The summed E-state index contributed by atoms with van der Waals surface area (Å²) in [4.78, 5) is 14.5. The molecule has 0 bridgehead atoms. The zero-order chi connectivity index (χ0) is 14.5. The molecule has 1 unspecified atom stereocenters. The third-order valence-electron chi connectivity index (χ3n) is 3.88. The third-order valence-corrected chi connectivity index (χ3v) is 3.88. The average Bonchev–Trinajstić information content (AvgIpc) is 3.16. The Balaban J connectivity index is 2.57. The number of nitrogens with zero attached hydrogens (tertiary/aromatic N) is 1. The minimum atomic E-state index is -0.545. The van der Waals surface area contributed by atoms with Crippen molar-refractivity contribution in [1.29, 1.82) is 0 Å². The number of hydrogen-bond acceptors (Lipinski definition) is 4. The second-order valence-electron chi connectivity index (χ2n) is 6.12. The number of carbonyl (C=O) groups is 1. The molecule has 0 aromatic heterocycles. The van der Waals surface area contributed by atoms with Crippen molar-refractivity contribution in [2.45, 2.75) is 71.0 Å². The fourth-order valence-electron chi connectivity index (χ4n) is 2.42. The molecule has 0 saturated heterocycles. The van der Waals surface area contributed by atoms with Crippen LogP contribution >= 0.6 is 0 Å². The number of carbonyl (C=O) groups excluding carboxylic acids is 1. The van der Waals surface area contributed by atoms with Crippen molar-refractivity contribution in [1.82, 2.24) is 10.2 Å². The highest BCUT2D eigenvalue weighted by Crippen LogP contribution is 2.25. The van der Waals surface area contributed by atoms with Crippen molar-refractivity contribution >= 4 is 5.97 Å². The van der Waals surface area contributed by atoms with E-state index in [0.29, 0.717) is 12.1 Å². The van der Waals surface area contributed by atoms with Crippen molar-refractivity contribution in [3.8, 4) is 0 Å². The summed E-state index contributed by atoms with van der Waals surface area (Å²) in [6, 6.07) is 1.02. The summed E-state index contributed by atoms with van der Waals surface area (Å²) < 4.78 is 4.98. The molecule has 4 nitrogen and oxygen atoms in total. The lowest BCUT2D eigenvalue weighted by Gasteiger charge is -2.33. The van der Waals surface area contributed by atoms with Gasteiger partial charge in [0.15, 0.2) is 0 Å². The van der Waals surface area contributed by atoms with Crippen molar-refractivity contribution in [2.75, 3.05) is 20.2 Å². The van der Waals surface area contributed by atoms with E-state index in [4.69, 9.17) is 4.74 Å². The number of hydrogen-bond donors (Lipinski definition) is 1. The Kier molecular flexibility index (Phi) is 6.27. The van der Waals surface area contributed by atoms with Gasteiger partial charge in [0.05, 0.1) is 7.11 Å². The molecule has 1 atom stereocenters. The SMILES string of the molecule is CCCN(CCC(C)(NC1CC1)C(=O)OC)C(C)C. The summed E-state index contributed by atoms with van der Waals surface area (Å²) in [7, 11) is 1.47. The van der Waals surface area contributed by atoms with Gasteiger partial charge in [-0.15, -0.1) is 0 Å². The molecule has 1 N–H and O–H groups in total. The van der Waals surface area contributed by atoms with Crippen LogP contribution in [0, 0.1) is 0 Å². The lowest BCUT2D eigenvalue weighted by Crippen LogP contribution is -2.53. The summed E-state index contributed by atoms with van der Waals surface area (Å²) in [5.41, 5.74) is -0.545. The minimum Gasteiger partial charge on any atom is -0.468 e. The van der Waals surface area contributed by atoms with E-state index in [-0.39, 0.29) is 5.97 Å². The molecule has 0 aromatic carbocycles. The maximum atomic E-state index is 12.0. The van der Waals surface area contributed by atoms with Gasteiger partial charge in [-0.05, 0) is 53.0 Å². The lowest BCUT2D eigenvalue weighted by atomic mass is 9.97. The van der Waals surface area contributed by atoms with Crippen molar-refractivity contribution in [3.63, 3.8) is 0 Å². The Morgan fingerprint density at radius 2 is 2.05 bits per heavy atom. The monoisotopic (exact) mass is 270 g/mol. The molecule has 1 saturated carbocycles. The van der Waals surface area contributed by atoms with Gasteiger partial charge >= 0.3 is 5.97 Å². The van der Waals surface area contributed by atoms with Crippen molar-refractivity contribution in [3.05, 3.63) is 0 Å². The van der Waals surface area contributed by atoms with Gasteiger partial charge in [-0.25, -0.2) is 0 Å². The van der Waals surface area contributed by atoms with Crippen LogP contribution in [0.3, 0.4) is 0 Å². The first-order valence-corrected chi connectivity index (χ1v) is 7.53. The fourth-order valence-corrected chi connectivity index (χ4v) is 2.42. The van der Waals surface area contributed by atoms with Gasteiger partial charge in [-0.3, -0.25) is 10.1 Å². The maximum Gasteiger partial charge on any atom is 0.325 e. The second kappa shape index (κ2) is 7.25. The van der Waals surface area contributed by atoms with E-state index in [0.717, 1.165) is 25.9 Å². The van der Waals surface area contributed by atoms with Gasteiger partial charge in [-0.2, -0.15) is 0 Å². The average molecular weight is 270 g/mol. The Bertz CT molecular complexity index is 290. The molecule has 1 fully saturated rings. The zero-order valence-corrected chi connectivity index (χ0v) is 13.2. The number of methoxy groups -OCH3 is 1. The minimum absolute atomic E-state index is 0.139. The predicted octanol–water partition coefficient (Wildman–Crippen LogP) is 2.18. The topological polar surface area (TPSA) is 41.6 Å². The molecule has 1 rings (SSSR count). The van der Waals surface area contributed by atoms with Crippen LogP contribution < -0.4 is 5.32 Å². The molecule has 0 aliphatic heterocycles. The fraction of sp³-hybridized carbons (Fsp3) is 0.933. The van der Waals surface area contributed by atoms with Crippen LogP contribution in [-0.4, -0.2) is 48.7 Å². The lowest BCUT2D eigenvalue weighted by molar-refractivity contribution is -0.148. The molecule has 1 aliphatic rings. The van der Waals surface area contributed by atoms with E-state index in [9.17, 15) is 4.79 Å². The van der Waals surface area contributed by atoms with Crippen LogP contribution in [0.15, 0.2) is 0 Å². The molecule has 0 aromatic rings. The van der Waals surface area contributed by atoms with E-state index < -0.39 is 5.54 Å². The molecule has 4 heteroatoms. The summed E-state index contributed by atoms with van der Waals surface area (Å²) in [5.74, 6) is -0.139. The standard InChI is InChI=1S/C15H30N2O2/c1-6-10-17(12(2)3)11-9-15(4,14(18)19-5)16-13-7-8-13/h12-13,16H,6-11H2,1-5H3. The number of esters is 1. The molecule has 1 aliphatic carbocycles. The maximum absolute atomic E-state index is 12.0. The molecule has 0 radical (unpaired) electrons. The number of rotatable bonds is 9. The van der Waals surface area contributed by atoms with E-state index in [1.165, 1.54) is 20.0 Å². The van der Waals surface area contributed by atoms with Crippen LogP contribution in [0.2, 0.25) is 0 Å². The summed E-state index contributed by atoms with van der Waals surface area (Å²) in [6.45, 7) is 10.6. The van der Waals surface area contributed by atoms with Gasteiger partial charge in [0.1, 0.15) is 5.54 Å². The number of nitrogens with one attached hydrogen (secondary N) is 1. The summed E-state index contributed by atoms with van der Waals surface area (Å²) >= 11 is 0. The second-order valence-corrected chi connectivity index (χ2v) is 6.12. The molecule has 0 heterocycles. The quantitative estimate of drug-likeness (QED) is 0.652. The van der Waals surface area contributed by atoms with Gasteiger partial charge in [0.2, 0.25) is 0 Å². The van der Waals surface area contributed by atoms with Crippen LogP contribution in [0.4, 0.5) is 0 Å². The molecule has 0 amide bonds. The Morgan fingerprint density at radius 1 is 1.42 bits per heavy atom. The first kappa shape index (κ1) is 16.4. The molecule has 112 valence electrons. The van der Waals surface area contributed by atoms with Crippen LogP contribution in [0.25, 0.3) is 0 Å². The van der Waals surface area contributed by atoms with E-state index in [2.05, 4.69) is 31.0 Å². The smallest absolute Gasteiger partial charge is 0.325 e. The normalized spacial score (nSPS) is 18.7. The van der Waals surface area contributed by atoms with Crippen LogP contribution in [0.5, 0.6) is 0 Å². The highest BCUT2D eigenvalue weighted by atomic mass is 16.5. The Hall–Kier alpha value is -0.610. The molecular weight excluding hydrogens is 240 g/mol. The van der Waals surface area contributed by atoms with Gasteiger partial charge in [0, 0.05) is 18.6 Å². The Labute approximate surface area is 117 Å². The highest BCUT2D eigenvalue weighted by molar-refractivity contribution is 5.80. The van der Waals surface area contributed by atoms with Crippen molar-refractivity contribution < 1.29 is 9.53 Å². The van der Waals surface area contributed by atoms with Crippen LogP contribution in [-0.2, 0) is 9.53 Å². The molecule has 0 spiro atoms. The largest absolute Gasteiger partial charge is 0.468 e. The summed E-state index contributed by atoms with van der Waals surface area (Å²) in [6.07, 6.45) is 4.29. The van der Waals surface area contributed by atoms with E-state index >= 15 is 0 Å². The Morgan fingerprint density at radius 3 is 2.47 bits per heavy atom. The van der Waals surface area contributed by atoms with Crippen LogP contribution in [0.1, 0.15) is 53.4 Å². The van der Waals surface area contributed by atoms with Gasteiger partial charge < -0.3 is 9.64 Å². The first-order chi connectivity index (χ1) is 8.92.